The average molecular weight is 203 g/mol. The summed E-state index contributed by atoms with van der Waals surface area (Å²) < 4.78 is 0. The summed E-state index contributed by atoms with van der Waals surface area (Å²) >= 11 is 0. The number of aromatic nitrogens is 2. The first kappa shape index (κ1) is 9.71. The van der Waals surface area contributed by atoms with Gasteiger partial charge < -0.3 is 10.6 Å². The van der Waals surface area contributed by atoms with E-state index in [-0.39, 0.29) is 0 Å². The van der Waals surface area contributed by atoms with E-state index in [2.05, 4.69) is 20.9 Å². The van der Waals surface area contributed by atoms with Crippen molar-refractivity contribution in [3.63, 3.8) is 0 Å². The van der Waals surface area contributed by atoms with Crippen LogP contribution in [0.2, 0.25) is 0 Å². The van der Waals surface area contributed by atoms with Gasteiger partial charge in [0.05, 0.1) is 12.5 Å². The average Bonchev–Trinajstić information content (AvgIpc) is 3.03. The van der Waals surface area contributed by atoms with Gasteiger partial charge in [-0.3, -0.25) is 0 Å². The molecule has 2 N–H and O–H groups in total. The lowest BCUT2D eigenvalue weighted by Gasteiger charge is -2.21. The molecular formula is C10H13N5. The minimum atomic E-state index is 0.475. The van der Waals surface area contributed by atoms with Crippen molar-refractivity contribution < 1.29 is 0 Å². The summed E-state index contributed by atoms with van der Waals surface area (Å²) in [6, 6.07) is 4.44. The molecule has 2 rings (SSSR count). The van der Waals surface area contributed by atoms with Crippen LogP contribution in [0.4, 0.5) is 11.6 Å². The van der Waals surface area contributed by atoms with Crippen molar-refractivity contribution in [2.75, 3.05) is 17.2 Å². The third kappa shape index (κ3) is 2.34. The number of anilines is 2. The Hall–Kier alpha value is -1.83. The van der Waals surface area contributed by atoms with E-state index in [0.29, 0.717) is 18.3 Å². The Labute approximate surface area is 88.5 Å². The van der Waals surface area contributed by atoms with E-state index in [4.69, 9.17) is 11.0 Å². The summed E-state index contributed by atoms with van der Waals surface area (Å²) in [5.41, 5.74) is 5.60. The van der Waals surface area contributed by atoms with Crippen molar-refractivity contribution in [1.82, 2.24) is 9.97 Å². The Kier molecular flexibility index (Phi) is 2.68. The predicted octanol–water partition coefficient (Wildman–Crippen LogP) is 0.941. The number of hydrogen-bond acceptors (Lipinski definition) is 5. The van der Waals surface area contributed by atoms with Crippen LogP contribution >= 0.6 is 0 Å². The van der Waals surface area contributed by atoms with E-state index >= 15 is 0 Å². The van der Waals surface area contributed by atoms with Gasteiger partial charge in [-0.15, -0.1) is 0 Å². The maximum Gasteiger partial charge on any atom is 0.134 e. The lowest BCUT2D eigenvalue weighted by Crippen LogP contribution is -2.27. The monoisotopic (exact) mass is 203 g/mol. The molecule has 0 spiro atoms. The van der Waals surface area contributed by atoms with Crippen LogP contribution in [0.1, 0.15) is 19.3 Å². The Morgan fingerprint density at radius 1 is 1.53 bits per heavy atom. The highest BCUT2D eigenvalue weighted by molar-refractivity contribution is 5.47. The summed E-state index contributed by atoms with van der Waals surface area (Å²) in [4.78, 5) is 10.2. The van der Waals surface area contributed by atoms with Crippen LogP contribution < -0.4 is 10.6 Å². The summed E-state index contributed by atoms with van der Waals surface area (Å²) in [5.74, 6) is 1.31. The van der Waals surface area contributed by atoms with Gasteiger partial charge in [0.15, 0.2) is 0 Å². The molecule has 1 fully saturated rings. The normalized spacial score (nSPS) is 14.6. The zero-order valence-corrected chi connectivity index (χ0v) is 8.43. The molecule has 0 aliphatic heterocycles. The highest BCUT2D eigenvalue weighted by Gasteiger charge is 2.29. The number of nitriles is 1. The van der Waals surface area contributed by atoms with Crippen molar-refractivity contribution in [1.29, 1.82) is 5.26 Å². The van der Waals surface area contributed by atoms with Crippen molar-refractivity contribution in [3.8, 4) is 6.07 Å². The number of rotatable bonds is 4. The van der Waals surface area contributed by atoms with Crippen LogP contribution in [0.5, 0.6) is 0 Å². The molecule has 0 bridgehead atoms. The molecule has 0 radical (unpaired) electrons. The molecule has 78 valence electrons. The first-order chi connectivity index (χ1) is 7.31. The number of hydrogen-bond donors (Lipinski definition) is 1. The zero-order chi connectivity index (χ0) is 10.7. The van der Waals surface area contributed by atoms with Gasteiger partial charge in [-0.2, -0.15) is 5.26 Å². The van der Waals surface area contributed by atoms with E-state index in [1.165, 1.54) is 19.2 Å². The summed E-state index contributed by atoms with van der Waals surface area (Å²) in [6.07, 6.45) is 4.33. The standard InChI is InChI=1S/C10H13N5/c11-4-1-5-15(8-2-3-8)10-6-9(12)13-7-14-10/h6-8H,1-3,5H2,(H2,12,13,14). The van der Waals surface area contributed by atoms with Crippen LogP contribution in [0.15, 0.2) is 12.4 Å². The molecule has 1 heterocycles. The van der Waals surface area contributed by atoms with Crippen LogP contribution in [-0.2, 0) is 0 Å². The van der Waals surface area contributed by atoms with Crippen LogP contribution in [-0.4, -0.2) is 22.6 Å². The summed E-state index contributed by atoms with van der Waals surface area (Å²) in [5, 5.41) is 8.58. The van der Waals surface area contributed by atoms with E-state index in [0.717, 1.165) is 12.4 Å². The molecule has 1 aromatic rings. The molecule has 1 aliphatic carbocycles. The van der Waals surface area contributed by atoms with E-state index in [1.807, 2.05) is 0 Å². The van der Waals surface area contributed by atoms with Crippen molar-refractivity contribution in [3.05, 3.63) is 12.4 Å². The smallest absolute Gasteiger partial charge is 0.134 e. The summed E-state index contributed by atoms with van der Waals surface area (Å²) in [6.45, 7) is 0.720. The molecular weight excluding hydrogens is 190 g/mol. The Balaban J connectivity index is 2.13. The van der Waals surface area contributed by atoms with E-state index < -0.39 is 0 Å². The van der Waals surface area contributed by atoms with Gasteiger partial charge in [-0.05, 0) is 12.8 Å². The van der Waals surface area contributed by atoms with Crippen molar-refractivity contribution in [2.24, 2.45) is 0 Å². The third-order valence-corrected chi connectivity index (χ3v) is 2.42. The van der Waals surface area contributed by atoms with E-state index in [9.17, 15) is 0 Å². The van der Waals surface area contributed by atoms with Gasteiger partial charge in [0.1, 0.15) is 18.0 Å². The Morgan fingerprint density at radius 2 is 2.33 bits per heavy atom. The lowest BCUT2D eigenvalue weighted by atomic mass is 10.3. The highest BCUT2D eigenvalue weighted by Crippen LogP contribution is 2.30. The third-order valence-electron chi connectivity index (χ3n) is 2.42. The Bertz CT molecular complexity index is 380. The van der Waals surface area contributed by atoms with E-state index in [1.54, 1.807) is 6.07 Å². The minimum Gasteiger partial charge on any atom is -0.384 e. The molecule has 0 amide bonds. The second kappa shape index (κ2) is 4.13. The van der Waals surface area contributed by atoms with Crippen LogP contribution in [0.3, 0.4) is 0 Å². The first-order valence-electron chi connectivity index (χ1n) is 5.02. The molecule has 0 unspecified atom stereocenters. The van der Waals surface area contributed by atoms with Crippen molar-refractivity contribution >= 4 is 11.6 Å². The maximum atomic E-state index is 8.58. The molecule has 5 nitrogen and oxygen atoms in total. The zero-order valence-electron chi connectivity index (χ0n) is 8.43. The number of nitrogens with zero attached hydrogens (tertiary/aromatic N) is 4. The van der Waals surface area contributed by atoms with Gasteiger partial charge in [0.2, 0.25) is 0 Å². The second-order valence-corrected chi connectivity index (χ2v) is 3.63. The van der Waals surface area contributed by atoms with Gasteiger partial charge >= 0.3 is 0 Å². The maximum absolute atomic E-state index is 8.58. The molecule has 0 saturated heterocycles. The number of nitrogens with two attached hydrogens (primary N) is 1. The van der Waals surface area contributed by atoms with Gasteiger partial charge in [0, 0.05) is 18.7 Å². The topological polar surface area (TPSA) is 78.8 Å². The minimum absolute atomic E-state index is 0.475. The first-order valence-corrected chi connectivity index (χ1v) is 5.02. The summed E-state index contributed by atoms with van der Waals surface area (Å²) in [7, 11) is 0. The molecule has 1 saturated carbocycles. The molecule has 0 atom stereocenters. The Morgan fingerprint density at radius 3 is 2.93 bits per heavy atom. The molecule has 5 heteroatoms. The fourth-order valence-corrected chi connectivity index (χ4v) is 1.56. The van der Waals surface area contributed by atoms with Crippen LogP contribution in [0, 0.1) is 11.3 Å². The van der Waals surface area contributed by atoms with Gasteiger partial charge in [-0.25, -0.2) is 9.97 Å². The molecule has 1 aliphatic rings. The molecule has 0 aromatic carbocycles. The predicted molar refractivity (Wildman–Crippen MR) is 57.0 cm³/mol. The molecule has 15 heavy (non-hydrogen) atoms. The second-order valence-electron chi connectivity index (χ2n) is 3.63. The number of nitrogen functional groups attached to an aromatic ring is 1. The van der Waals surface area contributed by atoms with Gasteiger partial charge in [-0.1, -0.05) is 0 Å². The lowest BCUT2D eigenvalue weighted by molar-refractivity contribution is 0.776. The fourth-order valence-electron chi connectivity index (χ4n) is 1.56. The van der Waals surface area contributed by atoms with Gasteiger partial charge in [0.25, 0.3) is 0 Å². The highest BCUT2D eigenvalue weighted by atomic mass is 15.2. The van der Waals surface area contributed by atoms with Crippen molar-refractivity contribution in [2.45, 2.75) is 25.3 Å². The fraction of sp³-hybridized carbons (Fsp3) is 0.500. The SMILES string of the molecule is N#CCCN(c1cc(N)ncn1)C1CC1. The molecule has 1 aromatic heterocycles. The van der Waals surface area contributed by atoms with Crippen LogP contribution in [0.25, 0.3) is 0 Å². The quantitative estimate of drug-likeness (QED) is 0.787. The largest absolute Gasteiger partial charge is 0.384 e.